The monoisotopic (exact) mass is 374 g/mol. The molecule has 0 atom stereocenters. The molecule has 0 radical (unpaired) electrons. The Kier molecular flexibility index (Phi) is 4.89. The fourth-order valence-corrected chi connectivity index (χ4v) is 4.25. The number of hydrogen-bond donors (Lipinski definition) is 0. The largest absolute Gasteiger partial charge is 0.457 e. The van der Waals surface area contributed by atoms with E-state index in [9.17, 15) is 4.79 Å². The molecule has 2 fully saturated rings. The molecule has 2 saturated heterocycles. The quantitative estimate of drug-likeness (QED) is 0.606. The molecular weight excluding hydrogens is 356 g/mol. The SMILES string of the molecule is O=C1/C(=C/c2cc3ccccc3o2)SC(=S)N1CCN1CCOCC1. The minimum absolute atomic E-state index is 0.0382. The molecule has 0 spiro atoms. The first-order valence-corrected chi connectivity index (χ1v) is 9.47. The summed E-state index contributed by atoms with van der Waals surface area (Å²) < 4.78 is 11.7. The smallest absolute Gasteiger partial charge is 0.266 e. The van der Waals surface area contributed by atoms with Gasteiger partial charge in [0.15, 0.2) is 0 Å². The zero-order chi connectivity index (χ0) is 17.2. The van der Waals surface area contributed by atoms with E-state index in [0.29, 0.717) is 21.5 Å². The van der Waals surface area contributed by atoms with Gasteiger partial charge in [0.05, 0.1) is 18.1 Å². The van der Waals surface area contributed by atoms with Crippen LogP contribution in [0, 0.1) is 0 Å². The number of para-hydroxylation sites is 1. The maximum atomic E-state index is 12.7. The number of nitrogens with zero attached hydrogens (tertiary/aromatic N) is 2. The second-order valence-electron chi connectivity index (χ2n) is 5.97. The highest BCUT2D eigenvalue weighted by Crippen LogP contribution is 2.33. The van der Waals surface area contributed by atoms with E-state index in [1.165, 1.54) is 11.8 Å². The Morgan fingerprint density at radius 2 is 2.00 bits per heavy atom. The first-order chi connectivity index (χ1) is 12.2. The summed E-state index contributed by atoms with van der Waals surface area (Å²) in [5.41, 5.74) is 0.816. The van der Waals surface area contributed by atoms with Gasteiger partial charge in [-0.2, -0.15) is 0 Å². The highest BCUT2D eigenvalue weighted by Gasteiger charge is 2.32. The molecule has 2 aliphatic heterocycles. The van der Waals surface area contributed by atoms with Crippen LogP contribution in [0.3, 0.4) is 0 Å². The molecular formula is C18H18N2O3S2. The van der Waals surface area contributed by atoms with E-state index in [2.05, 4.69) is 4.90 Å². The lowest BCUT2D eigenvalue weighted by Crippen LogP contribution is -2.42. The maximum absolute atomic E-state index is 12.7. The number of fused-ring (bicyclic) bond motifs is 1. The first kappa shape index (κ1) is 16.8. The number of carbonyl (C=O) groups is 1. The molecule has 0 bridgehead atoms. The van der Waals surface area contributed by atoms with Crippen molar-refractivity contribution in [1.29, 1.82) is 0 Å². The molecule has 0 saturated carbocycles. The predicted octanol–water partition coefficient (Wildman–Crippen LogP) is 2.97. The van der Waals surface area contributed by atoms with Crippen LogP contribution in [0.4, 0.5) is 0 Å². The number of morpholine rings is 1. The summed E-state index contributed by atoms with van der Waals surface area (Å²) in [7, 11) is 0. The van der Waals surface area contributed by atoms with Gasteiger partial charge in [0.1, 0.15) is 15.7 Å². The van der Waals surface area contributed by atoms with Crippen LogP contribution in [0.5, 0.6) is 0 Å². The lowest BCUT2D eigenvalue weighted by molar-refractivity contribution is -0.122. The Labute approximate surface area is 155 Å². The summed E-state index contributed by atoms with van der Waals surface area (Å²) in [4.78, 5) is 17.3. The number of amides is 1. The second-order valence-corrected chi connectivity index (χ2v) is 7.65. The summed E-state index contributed by atoms with van der Waals surface area (Å²) in [6.45, 7) is 4.75. The fraction of sp³-hybridized carbons (Fsp3) is 0.333. The average molecular weight is 374 g/mol. The number of benzene rings is 1. The molecule has 1 amide bonds. The van der Waals surface area contributed by atoms with Crippen molar-refractivity contribution in [2.75, 3.05) is 39.4 Å². The normalized spacial score (nSPS) is 21.0. The van der Waals surface area contributed by atoms with E-state index in [1.54, 1.807) is 11.0 Å². The Morgan fingerprint density at radius 3 is 2.80 bits per heavy atom. The molecule has 4 rings (SSSR count). The molecule has 2 aliphatic rings. The number of hydrogen-bond acceptors (Lipinski definition) is 6. The Balaban J connectivity index is 1.46. The zero-order valence-electron chi connectivity index (χ0n) is 13.6. The predicted molar refractivity (Wildman–Crippen MR) is 103 cm³/mol. The van der Waals surface area contributed by atoms with E-state index in [1.807, 2.05) is 30.3 Å². The molecule has 0 N–H and O–H groups in total. The van der Waals surface area contributed by atoms with Crippen molar-refractivity contribution < 1.29 is 13.9 Å². The average Bonchev–Trinajstić information content (AvgIpc) is 3.15. The van der Waals surface area contributed by atoms with Gasteiger partial charge in [-0.3, -0.25) is 14.6 Å². The van der Waals surface area contributed by atoms with Crippen LogP contribution in [0.2, 0.25) is 0 Å². The lowest BCUT2D eigenvalue weighted by atomic mass is 10.2. The molecule has 0 aliphatic carbocycles. The minimum Gasteiger partial charge on any atom is -0.457 e. The number of thioether (sulfide) groups is 1. The van der Waals surface area contributed by atoms with Crippen molar-refractivity contribution in [3.63, 3.8) is 0 Å². The van der Waals surface area contributed by atoms with E-state index in [0.717, 1.165) is 43.8 Å². The van der Waals surface area contributed by atoms with Crippen LogP contribution in [0.25, 0.3) is 17.0 Å². The van der Waals surface area contributed by atoms with Gasteiger partial charge in [0.2, 0.25) is 0 Å². The second kappa shape index (κ2) is 7.29. The molecule has 5 nitrogen and oxygen atoms in total. The molecule has 130 valence electrons. The van der Waals surface area contributed by atoms with Gasteiger partial charge in [-0.05, 0) is 12.1 Å². The standard InChI is InChI=1S/C18H18N2O3S2/c21-17-16(12-14-11-13-3-1-2-4-15(13)23-14)25-18(24)20(17)6-5-19-7-9-22-10-8-19/h1-4,11-12H,5-10H2/b16-12-. The van der Waals surface area contributed by atoms with Crippen LogP contribution >= 0.6 is 24.0 Å². The van der Waals surface area contributed by atoms with E-state index < -0.39 is 0 Å². The van der Waals surface area contributed by atoms with Gasteiger partial charge in [-0.15, -0.1) is 0 Å². The van der Waals surface area contributed by atoms with E-state index in [-0.39, 0.29) is 5.91 Å². The Bertz CT molecular complexity index is 807. The van der Waals surface area contributed by atoms with E-state index >= 15 is 0 Å². The zero-order valence-corrected chi connectivity index (χ0v) is 15.3. The van der Waals surface area contributed by atoms with Crippen molar-refractivity contribution >= 4 is 51.3 Å². The number of furan rings is 1. The third-order valence-electron chi connectivity index (χ3n) is 4.34. The van der Waals surface area contributed by atoms with Gasteiger partial charge in [0.25, 0.3) is 5.91 Å². The van der Waals surface area contributed by atoms with Crippen LogP contribution in [0.1, 0.15) is 5.76 Å². The number of ether oxygens (including phenoxy) is 1. The highest BCUT2D eigenvalue weighted by atomic mass is 32.2. The van der Waals surface area contributed by atoms with Gasteiger partial charge >= 0.3 is 0 Å². The van der Waals surface area contributed by atoms with Crippen LogP contribution in [-0.2, 0) is 9.53 Å². The van der Waals surface area contributed by atoms with Gasteiger partial charge in [-0.25, -0.2) is 0 Å². The Hall–Kier alpha value is -1.67. The summed E-state index contributed by atoms with van der Waals surface area (Å²) in [5, 5.41) is 1.02. The highest BCUT2D eigenvalue weighted by molar-refractivity contribution is 8.26. The summed E-state index contributed by atoms with van der Waals surface area (Å²) in [5.74, 6) is 0.638. The number of thiocarbonyl (C=S) groups is 1. The Morgan fingerprint density at radius 1 is 1.20 bits per heavy atom. The first-order valence-electron chi connectivity index (χ1n) is 8.25. The lowest BCUT2D eigenvalue weighted by Gasteiger charge is -2.28. The minimum atomic E-state index is -0.0382. The summed E-state index contributed by atoms with van der Waals surface area (Å²) in [6, 6.07) is 9.74. The van der Waals surface area contributed by atoms with Crippen molar-refractivity contribution in [1.82, 2.24) is 9.80 Å². The van der Waals surface area contributed by atoms with Crippen molar-refractivity contribution in [3.05, 3.63) is 41.0 Å². The van der Waals surface area contributed by atoms with Crippen molar-refractivity contribution in [2.45, 2.75) is 0 Å². The van der Waals surface area contributed by atoms with Crippen LogP contribution in [0.15, 0.2) is 39.7 Å². The van der Waals surface area contributed by atoms with Crippen LogP contribution < -0.4 is 0 Å². The molecule has 3 heterocycles. The fourth-order valence-electron chi connectivity index (χ4n) is 2.96. The number of carbonyl (C=O) groups excluding carboxylic acids is 1. The summed E-state index contributed by atoms with van der Waals surface area (Å²) >= 11 is 6.73. The topological polar surface area (TPSA) is 45.9 Å². The van der Waals surface area contributed by atoms with Gasteiger partial charge in [-0.1, -0.05) is 42.2 Å². The maximum Gasteiger partial charge on any atom is 0.266 e. The van der Waals surface area contributed by atoms with Crippen molar-refractivity contribution in [3.8, 4) is 0 Å². The molecule has 0 unspecified atom stereocenters. The molecule has 25 heavy (non-hydrogen) atoms. The molecule has 1 aromatic heterocycles. The third kappa shape index (κ3) is 3.64. The molecule has 2 aromatic rings. The van der Waals surface area contributed by atoms with Crippen molar-refractivity contribution in [2.24, 2.45) is 0 Å². The molecule has 7 heteroatoms. The van der Waals surface area contributed by atoms with Gasteiger partial charge in [0, 0.05) is 37.6 Å². The third-order valence-corrected chi connectivity index (χ3v) is 5.71. The van der Waals surface area contributed by atoms with Gasteiger partial charge < -0.3 is 9.15 Å². The van der Waals surface area contributed by atoms with Crippen LogP contribution in [-0.4, -0.2) is 59.4 Å². The molecule has 1 aromatic carbocycles. The number of rotatable bonds is 4. The van der Waals surface area contributed by atoms with E-state index in [4.69, 9.17) is 21.4 Å². The summed E-state index contributed by atoms with van der Waals surface area (Å²) in [6.07, 6.45) is 1.79.